The summed E-state index contributed by atoms with van der Waals surface area (Å²) < 4.78 is 1.80. The van der Waals surface area contributed by atoms with E-state index in [1.54, 1.807) is 4.68 Å². The lowest BCUT2D eigenvalue weighted by atomic mass is 10.0. The standard InChI is InChI=1S/C12H20ClN3O2/c1-5-16-9(10(13)8(4)15-16)6-14-11(7(2)3)12(17)18/h7,11,14H,5-6H2,1-4H3,(H,17,18). The summed E-state index contributed by atoms with van der Waals surface area (Å²) in [6.45, 7) is 8.68. The maximum Gasteiger partial charge on any atom is 0.320 e. The van der Waals surface area contributed by atoms with Crippen LogP contribution in [0.5, 0.6) is 0 Å². The number of halogens is 1. The Morgan fingerprint density at radius 2 is 2.17 bits per heavy atom. The Morgan fingerprint density at radius 3 is 2.61 bits per heavy atom. The van der Waals surface area contributed by atoms with Crippen LogP contribution in [-0.2, 0) is 17.9 Å². The Bertz CT molecular complexity index is 429. The molecule has 0 spiro atoms. The van der Waals surface area contributed by atoms with Crippen LogP contribution in [0.2, 0.25) is 5.02 Å². The number of hydrogen-bond acceptors (Lipinski definition) is 3. The fraction of sp³-hybridized carbons (Fsp3) is 0.667. The van der Waals surface area contributed by atoms with Gasteiger partial charge in [-0.25, -0.2) is 0 Å². The van der Waals surface area contributed by atoms with Gasteiger partial charge in [0.15, 0.2) is 0 Å². The van der Waals surface area contributed by atoms with Crippen LogP contribution in [0.3, 0.4) is 0 Å². The average molecular weight is 274 g/mol. The molecule has 1 aromatic rings. The SMILES string of the molecule is CCn1nc(C)c(Cl)c1CNC(C(=O)O)C(C)C. The predicted molar refractivity (Wildman–Crippen MR) is 70.7 cm³/mol. The van der Waals surface area contributed by atoms with Gasteiger partial charge < -0.3 is 5.11 Å². The van der Waals surface area contributed by atoms with E-state index in [2.05, 4.69) is 10.4 Å². The normalized spacial score (nSPS) is 13.0. The highest BCUT2D eigenvalue weighted by atomic mass is 35.5. The van der Waals surface area contributed by atoms with Crippen molar-refractivity contribution in [1.29, 1.82) is 0 Å². The van der Waals surface area contributed by atoms with E-state index in [1.807, 2.05) is 27.7 Å². The van der Waals surface area contributed by atoms with Gasteiger partial charge in [0.1, 0.15) is 6.04 Å². The van der Waals surface area contributed by atoms with Gasteiger partial charge in [-0.15, -0.1) is 0 Å². The topological polar surface area (TPSA) is 67.2 Å². The second-order valence-corrected chi connectivity index (χ2v) is 4.98. The van der Waals surface area contributed by atoms with E-state index < -0.39 is 12.0 Å². The molecule has 0 aromatic carbocycles. The van der Waals surface area contributed by atoms with Crippen molar-refractivity contribution < 1.29 is 9.90 Å². The molecule has 18 heavy (non-hydrogen) atoms. The Labute approximate surface area is 112 Å². The van der Waals surface area contributed by atoms with Gasteiger partial charge >= 0.3 is 5.97 Å². The molecule has 0 saturated heterocycles. The van der Waals surface area contributed by atoms with Crippen LogP contribution in [0.1, 0.15) is 32.2 Å². The number of carboxylic acids is 1. The van der Waals surface area contributed by atoms with Crippen molar-refractivity contribution in [3.8, 4) is 0 Å². The molecule has 0 aliphatic rings. The molecule has 2 N–H and O–H groups in total. The summed E-state index contributed by atoms with van der Waals surface area (Å²) in [5.41, 5.74) is 1.61. The molecule has 0 amide bonds. The van der Waals surface area contributed by atoms with Gasteiger partial charge in [-0.05, 0) is 19.8 Å². The Hall–Kier alpha value is -1.07. The second-order valence-electron chi connectivity index (χ2n) is 4.60. The highest BCUT2D eigenvalue weighted by Crippen LogP contribution is 2.20. The number of rotatable bonds is 6. The third-order valence-electron chi connectivity index (χ3n) is 2.87. The lowest BCUT2D eigenvalue weighted by Crippen LogP contribution is -2.40. The Balaban J connectivity index is 2.82. The monoisotopic (exact) mass is 273 g/mol. The average Bonchev–Trinajstić information content (AvgIpc) is 2.55. The van der Waals surface area contributed by atoms with Crippen molar-refractivity contribution in [3.63, 3.8) is 0 Å². The number of hydrogen-bond donors (Lipinski definition) is 2. The first-order valence-corrected chi connectivity index (χ1v) is 6.44. The second kappa shape index (κ2) is 6.20. The summed E-state index contributed by atoms with van der Waals surface area (Å²) in [5.74, 6) is -0.833. The maximum absolute atomic E-state index is 11.1. The smallest absolute Gasteiger partial charge is 0.320 e. The summed E-state index contributed by atoms with van der Waals surface area (Å²) in [5, 5.41) is 17.0. The van der Waals surface area contributed by atoms with Crippen LogP contribution >= 0.6 is 11.6 Å². The van der Waals surface area contributed by atoms with Crippen LogP contribution in [-0.4, -0.2) is 26.9 Å². The van der Waals surface area contributed by atoms with Gasteiger partial charge in [-0.1, -0.05) is 25.4 Å². The molecular formula is C12H20ClN3O2. The number of nitrogens with zero attached hydrogens (tertiary/aromatic N) is 2. The van der Waals surface area contributed by atoms with Crippen molar-refractivity contribution in [2.45, 2.75) is 46.8 Å². The van der Waals surface area contributed by atoms with Crippen LogP contribution < -0.4 is 5.32 Å². The van der Waals surface area contributed by atoms with Crippen molar-refractivity contribution in [1.82, 2.24) is 15.1 Å². The van der Waals surface area contributed by atoms with E-state index in [4.69, 9.17) is 16.7 Å². The first-order chi connectivity index (χ1) is 8.38. The molecule has 0 fully saturated rings. The molecule has 0 radical (unpaired) electrons. The van der Waals surface area contributed by atoms with E-state index in [-0.39, 0.29) is 5.92 Å². The third-order valence-corrected chi connectivity index (χ3v) is 3.37. The van der Waals surface area contributed by atoms with Crippen LogP contribution in [0.25, 0.3) is 0 Å². The zero-order valence-corrected chi connectivity index (χ0v) is 12.0. The van der Waals surface area contributed by atoms with Crippen LogP contribution in [0, 0.1) is 12.8 Å². The van der Waals surface area contributed by atoms with Crippen molar-refractivity contribution in [2.24, 2.45) is 5.92 Å². The van der Waals surface area contributed by atoms with Gasteiger partial charge in [0.25, 0.3) is 0 Å². The quantitative estimate of drug-likeness (QED) is 0.833. The third kappa shape index (κ3) is 3.23. The van der Waals surface area contributed by atoms with Gasteiger partial charge in [-0.3, -0.25) is 14.8 Å². The number of carboxylic acid groups (broad SMARTS) is 1. The van der Waals surface area contributed by atoms with Crippen molar-refractivity contribution in [2.75, 3.05) is 0 Å². The minimum absolute atomic E-state index is 0.0142. The Kier molecular flexibility index (Phi) is 5.16. The molecule has 5 nitrogen and oxygen atoms in total. The van der Waals surface area contributed by atoms with E-state index in [0.29, 0.717) is 18.1 Å². The molecule has 1 atom stereocenters. The minimum atomic E-state index is -0.847. The summed E-state index contributed by atoms with van der Waals surface area (Å²) >= 11 is 6.16. The summed E-state index contributed by atoms with van der Waals surface area (Å²) in [6, 6.07) is -0.582. The molecule has 0 aliphatic carbocycles. The number of carbonyl (C=O) groups is 1. The van der Waals surface area contributed by atoms with Gasteiger partial charge in [-0.2, -0.15) is 5.10 Å². The van der Waals surface area contributed by atoms with Crippen LogP contribution in [0.15, 0.2) is 0 Å². The van der Waals surface area contributed by atoms with E-state index in [1.165, 1.54) is 0 Å². The van der Waals surface area contributed by atoms with E-state index >= 15 is 0 Å². The molecule has 0 aliphatic heterocycles. The summed E-state index contributed by atoms with van der Waals surface area (Å²) in [6.07, 6.45) is 0. The predicted octanol–water partition coefficient (Wildman–Crippen LogP) is 2.06. The largest absolute Gasteiger partial charge is 0.480 e. The fourth-order valence-electron chi connectivity index (χ4n) is 1.85. The molecule has 0 bridgehead atoms. The van der Waals surface area contributed by atoms with Gasteiger partial charge in [0.2, 0.25) is 0 Å². The van der Waals surface area contributed by atoms with Gasteiger partial charge in [0, 0.05) is 13.1 Å². The maximum atomic E-state index is 11.1. The summed E-state index contributed by atoms with van der Waals surface area (Å²) in [7, 11) is 0. The molecule has 1 aromatic heterocycles. The Morgan fingerprint density at radius 1 is 1.56 bits per heavy atom. The molecular weight excluding hydrogens is 254 g/mol. The first-order valence-electron chi connectivity index (χ1n) is 6.06. The minimum Gasteiger partial charge on any atom is -0.480 e. The molecule has 6 heteroatoms. The summed E-state index contributed by atoms with van der Waals surface area (Å²) in [4.78, 5) is 11.1. The fourth-order valence-corrected chi connectivity index (χ4v) is 2.05. The van der Waals surface area contributed by atoms with Crippen molar-refractivity contribution >= 4 is 17.6 Å². The lowest BCUT2D eigenvalue weighted by molar-refractivity contribution is -0.140. The molecule has 1 heterocycles. The molecule has 102 valence electrons. The zero-order chi connectivity index (χ0) is 13.9. The first kappa shape index (κ1) is 15.0. The zero-order valence-electron chi connectivity index (χ0n) is 11.2. The molecule has 0 saturated carbocycles. The lowest BCUT2D eigenvalue weighted by Gasteiger charge is -2.18. The van der Waals surface area contributed by atoms with Crippen LogP contribution in [0.4, 0.5) is 0 Å². The highest BCUT2D eigenvalue weighted by molar-refractivity contribution is 6.31. The van der Waals surface area contributed by atoms with Gasteiger partial charge in [0.05, 0.1) is 16.4 Å². The number of aryl methyl sites for hydroxylation is 2. The molecule has 1 unspecified atom stereocenters. The van der Waals surface area contributed by atoms with E-state index in [0.717, 1.165) is 11.4 Å². The van der Waals surface area contributed by atoms with E-state index in [9.17, 15) is 4.79 Å². The van der Waals surface area contributed by atoms with Crippen molar-refractivity contribution in [3.05, 3.63) is 16.4 Å². The number of aliphatic carboxylic acids is 1. The number of nitrogens with one attached hydrogen (secondary N) is 1. The number of aromatic nitrogens is 2. The molecule has 1 rings (SSSR count). The highest BCUT2D eigenvalue weighted by Gasteiger charge is 2.22.